The molecule has 0 bridgehead atoms. The molecule has 0 aliphatic rings. The number of carbonyl (C=O) groups excluding carboxylic acids is 1. The second kappa shape index (κ2) is 9.97. The molecule has 3 aromatic rings. The van der Waals surface area contributed by atoms with Crippen molar-refractivity contribution in [2.45, 2.75) is 11.8 Å². The third-order valence-electron chi connectivity index (χ3n) is 4.73. The van der Waals surface area contributed by atoms with Crippen molar-refractivity contribution in [3.8, 4) is 5.75 Å². The third-order valence-corrected chi connectivity index (χ3v) is 7.03. The second-order valence-electron chi connectivity index (χ2n) is 6.92. The van der Waals surface area contributed by atoms with E-state index in [4.69, 9.17) is 4.74 Å². The van der Waals surface area contributed by atoms with Crippen LogP contribution in [0.5, 0.6) is 5.75 Å². The van der Waals surface area contributed by atoms with Crippen LogP contribution in [0.3, 0.4) is 0 Å². The smallest absolute Gasteiger partial charge is 0.271 e. The molecule has 1 amide bonds. The van der Waals surface area contributed by atoms with E-state index in [1.165, 1.54) is 17.6 Å². The van der Waals surface area contributed by atoms with Gasteiger partial charge in [0.25, 0.3) is 15.9 Å². The summed E-state index contributed by atoms with van der Waals surface area (Å²) in [6, 6.07) is 18.3. The van der Waals surface area contributed by atoms with Crippen LogP contribution in [0.1, 0.15) is 21.5 Å². The first-order valence-electron chi connectivity index (χ1n) is 9.55. The van der Waals surface area contributed by atoms with Crippen molar-refractivity contribution >= 4 is 43.8 Å². The van der Waals surface area contributed by atoms with Crippen LogP contribution in [0.25, 0.3) is 0 Å². The zero-order valence-electron chi connectivity index (χ0n) is 17.7. The fraction of sp³-hybridized carbons (Fsp3) is 0.130. The maximum absolute atomic E-state index is 12.8. The van der Waals surface area contributed by atoms with Crippen LogP contribution in [-0.4, -0.2) is 34.7 Å². The summed E-state index contributed by atoms with van der Waals surface area (Å²) in [7, 11) is -0.679. The van der Waals surface area contributed by atoms with Crippen molar-refractivity contribution in [2.75, 3.05) is 18.5 Å². The number of halogens is 1. The minimum absolute atomic E-state index is 0.199. The zero-order valence-corrected chi connectivity index (χ0v) is 20.1. The molecule has 0 heterocycles. The van der Waals surface area contributed by atoms with Crippen LogP contribution in [0.15, 0.2) is 81.2 Å². The van der Waals surface area contributed by atoms with Gasteiger partial charge in [-0.2, -0.15) is 5.10 Å². The molecular formula is C23H22BrN3O4S. The van der Waals surface area contributed by atoms with Crippen LogP contribution >= 0.6 is 15.9 Å². The molecule has 0 saturated carbocycles. The lowest BCUT2D eigenvalue weighted by molar-refractivity contribution is 0.0955. The number of benzene rings is 3. The van der Waals surface area contributed by atoms with E-state index in [0.29, 0.717) is 22.6 Å². The van der Waals surface area contributed by atoms with Crippen molar-refractivity contribution in [3.63, 3.8) is 0 Å². The largest absolute Gasteiger partial charge is 0.496 e. The van der Waals surface area contributed by atoms with E-state index in [2.05, 4.69) is 26.5 Å². The Morgan fingerprint density at radius 3 is 2.34 bits per heavy atom. The van der Waals surface area contributed by atoms with Crippen LogP contribution in [-0.2, 0) is 10.0 Å². The highest BCUT2D eigenvalue weighted by Gasteiger charge is 2.21. The van der Waals surface area contributed by atoms with Gasteiger partial charge in [0.1, 0.15) is 5.75 Å². The quantitative estimate of drug-likeness (QED) is 0.374. The molecule has 0 aliphatic heterocycles. The average molecular weight is 516 g/mol. The number of ether oxygens (including phenoxy) is 1. The van der Waals surface area contributed by atoms with Crippen molar-refractivity contribution in [3.05, 3.63) is 87.9 Å². The summed E-state index contributed by atoms with van der Waals surface area (Å²) >= 11 is 3.38. The molecule has 1 N–H and O–H groups in total. The first kappa shape index (κ1) is 23.5. The van der Waals surface area contributed by atoms with E-state index in [9.17, 15) is 13.2 Å². The number of amides is 1. The van der Waals surface area contributed by atoms with Gasteiger partial charge in [0, 0.05) is 22.6 Å². The number of hydrogen-bond acceptors (Lipinski definition) is 5. The van der Waals surface area contributed by atoms with E-state index >= 15 is 0 Å². The van der Waals surface area contributed by atoms with E-state index in [-0.39, 0.29) is 4.90 Å². The summed E-state index contributed by atoms with van der Waals surface area (Å²) in [5.41, 5.74) is 4.90. The Kier molecular flexibility index (Phi) is 7.32. The molecular weight excluding hydrogens is 494 g/mol. The number of aryl methyl sites for hydroxylation is 1. The number of hydrazone groups is 1. The Morgan fingerprint density at radius 2 is 1.72 bits per heavy atom. The van der Waals surface area contributed by atoms with Crippen molar-refractivity contribution < 1.29 is 17.9 Å². The minimum Gasteiger partial charge on any atom is -0.496 e. The molecule has 0 aromatic heterocycles. The lowest BCUT2D eigenvalue weighted by Crippen LogP contribution is -2.26. The monoisotopic (exact) mass is 515 g/mol. The van der Waals surface area contributed by atoms with Gasteiger partial charge in [-0.15, -0.1) is 0 Å². The number of carbonyl (C=O) groups is 1. The predicted octanol–water partition coefficient (Wildman–Crippen LogP) is 4.36. The van der Waals surface area contributed by atoms with Gasteiger partial charge in [-0.05, 0) is 61.5 Å². The van der Waals surface area contributed by atoms with Gasteiger partial charge in [0.2, 0.25) is 0 Å². The molecule has 0 aliphatic carbocycles. The topological polar surface area (TPSA) is 88.1 Å². The van der Waals surface area contributed by atoms with E-state index in [1.54, 1.807) is 61.7 Å². The molecule has 3 aromatic carbocycles. The number of sulfonamides is 1. The van der Waals surface area contributed by atoms with Gasteiger partial charge in [0.05, 0.1) is 23.9 Å². The molecule has 166 valence electrons. The minimum atomic E-state index is -3.70. The summed E-state index contributed by atoms with van der Waals surface area (Å²) in [6.07, 6.45) is 1.48. The van der Waals surface area contributed by atoms with Crippen molar-refractivity contribution in [1.82, 2.24) is 5.43 Å². The Hall–Kier alpha value is -3.17. The Labute approximate surface area is 195 Å². The summed E-state index contributed by atoms with van der Waals surface area (Å²) in [4.78, 5) is 12.6. The molecule has 0 saturated heterocycles. The first-order valence-corrected chi connectivity index (χ1v) is 11.8. The number of anilines is 1. The molecule has 0 fully saturated rings. The van der Waals surface area contributed by atoms with Crippen LogP contribution in [0.4, 0.5) is 5.69 Å². The van der Waals surface area contributed by atoms with Gasteiger partial charge in [-0.3, -0.25) is 9.10 Å². The zero-order chi connectivity index (χ0) is 23.3. The summed E-state index contributed by atoms with van der Waals surface area (Å²) in [5, 5.41) is 3.98. The standard InChI is InChI=1S/C23H22BrN3O4S/c1-16-4-11-21(12-5-16)32(29,30)27(2)20-9-6-17(7-10-20)23(28)26-25-15-18-14-19(24)8-13-22(18)31-3/h4-15H,1-3H3,(H,26,28)/b25-15-. The Morgan fingerprint density at radius 1 is 1.06 bits per heavy atom. The fourth-order valence-electron chi connectivity index (χ4n) is 2.86. The van der Waals surface area contributed by atoms with Crippen molar-refractivity contribution in [2.24, 2.45) is 5.10 Å². The normalized spacial score (nSPS) is 11.4. The molecule has 0 spiro atoms. The number of nitrogens with zero attached hydrogens (tertiary/aromatic N) is 2. The van der Waals surface area contributed by atoms with Gasteiger partial charge in [-0.1, -0.05) is 33.6 Å². The molecule has 0 atom stereocenters. The molecule has 9 heteroatoms. The van der Waals surface area contributed by atoms with E-state index in [0.717, 1.165) is 10.0 Å². The van der Waals surface area contributed by atoms with Crippen LogP contribution in [0, 0.1) is 6.92 Å². The first-order chi connectivity index (χ1) is 15.2. The molecule has 7 nitrogen and oxygen atoms in total. The Balaban J connectivity index is 1.70. The highest BCUT2D eigenvalue weighted by Crippen LogP contribution is 2.23. The maximum atomic E-state index is 12.8. The lowest BCUT2D eigenvalue weighted by atomic mass is 10.2. The third kappa shape index (κ3) is 5.35. The van der Waals surface area contributed by atoms with E-state index in [1.807, 2.05) is 19.1 Å². The van der Waals surface area contributed by atoms with Crippen LogP contribution in [0.2, 0.25) is 0 Å². The maximum Gasteiger partial charge on any atom is 0.271 e. The summed E-state index contributed by atoms with van der Waals surface area (Å²) < 4.78 is 33.0. The van der Waals surface area contributed by atoms with E-state index < -0.39 is 15.9 Å². The lowest BCUT2D eigenvalue weighted by Gasteiger charge is -2.19. The van der Waals surface area contributed by atoms with Gasteiger partial charge in [-0.25, -0.2) is 13.8 Å². The highest BCUT2D eigenvalue weighted by atomic mass is 79.9. The molecule has 0 radical (unpaired) electrons. The molecule has 3 rings (SSSR count). The van der Waals surface area contributed by atoms with Crippen molar-refractivity contribution in [1.29, 1.82) is 0 Å². The number of methoxy groups -OCH3 is 1. The average Bonchev–Trinajstić information content (AvgIpc) is 2.79. The number of rotatable bonds is 7. The Bertz CT molecular complexity index is 1240. The molecule has 32 heavy (non-hydrogen) atoms. The van der Waals surface area contributed by atoms with Crippen LogP contribution < -0.4 is 14.5 Å². The van der Waals surface area contributed by atoms with Gasteiger partial charge >= 0.3 is 0 Å². The summed E-state index contributed by atoms with van der Waals surface area (Å²) in [5.74, 6) is 0.194. The van der Waals surface area contributed by atoms with Gasteiger partial charge in [0.15, 0.2) is 0 Å². The number of hydrogen-bond donors (Lipinski definition) is 1. The SMILES string of the molecule is COc1ccc(Br)cc1/C=N\NC(=O)c1ccc(N(C)S(=O)(=O)c2ccc(C)cc2)cc1. The second-order valence-corrected chi connectivity index (χ2v) is 9.80. The highest BCUT2D eigenvalue weighted by molar-refractivity contribution is 9.10. The molecule has 0 unspecified atom stereocenters. The predicted molar refractivity (Wildman–Crippen MR) is 129 cm³/mol. The van der Waals surface area contributed by atoms with Gasteiger partial charge < -0.3 is 4.74 Å². The number of nitrogens with one attached hydrogen (secondary N) is 1. The fourth-order valence-corrected chi connectivity index (χ4v) is 4.44. The summed E-state index contributed by atoms with van der Waals surface area (Å²) in [6.45, 7) is 1.89.